The van der Waals surface area contributed by atoms with Crippen molar-refractivity contribution in [3.05, 3.63) is 0 Å². The third-order valence-corrected chi connectivity index (χ3v) is 3.61. The van der Waals surface area contributed by atoms with Gasteiger partial charge in [-0.3, -0.25) is 9.69 Å². The van der Waals surface area contributed by atoms with Gasteiger partial charge in [0.2, 0.25) is 5.91 Å². The molecular formula is C12H26N4O. The maximum Gasteiger partial charge on any atom is 0.241 e. The fraction of sp³-hybridized carbons (Fsp3) is 0.917. The Hall–Kier alpha value is -0.650. The van der Waals surface area contributed by atoms with Gasteiger partial charge in [-0.25, -0.2) is 0 Å². The quantitative estimate of drug-likeness (QED) is 0.717. The first kappa shape index (κ1) is 14.4. The largest absolute Gasteiger partial charge is 0.338 e. The van der Waals surface area contributed by atoms with E-state index in [1.54, 1.807) is 0 Å². The molecule has 1 saturated heterocycles. The van der Waals surface area contributed by atoms with Crippen molar-refractivity contribution in [1.82, 2.24) is 14.7 Å². The Bertz CT molecular complexity index is 278. The predicted octanol–water partition coefficient (Wildman–Crippen LogP) is -0.572. The van der Waals surface area contributed by atoms with Crippen molar-refractivity contribution in [2.24, 2.45) is 5.73 Å². The number of amides is 1. The highest BCUT2D eigenvalue weighted by atomic mass is 16.2. The number of nitrogens with zero attached hydrogens (tertiary/aromatic N) is 3. The van der Waals surface area contributed by atoms with E-state index in [1.807, 2.05) is 26.0 Å². The van der Waals surface area contributed by atoms with Crippen molar-refractivity contribution in [1.29, 1.82) is 0 Å². The number of piperazine rings is 1. The fourth-order valence-electron chi connectivity index (χ4n) is 2.20. The Labute approximate surface area is 105 Å². The number of carbonyl (C=O) groups is 1. The first-order valence-corrected chi connectivity index (χ1v) is 6.16. The van der Waals surface area contributed by atoms with Gasteiger partial charge in [-0.05, 0) is 27.9 Å². The Morgan fingerprint density at radius 3 is 2.53 bits per heavy atom. The lowest BCUT2D eigenvalue weighted by atomic mass is 9.95. The van der Waals surface area contributed by atoms with Crippen LogP contribution in [0.25, 0.3) is 0 Å². The number of hydrogen-bond acceptors (Lipinski definition) is 4. The van der Waals surface area contributed by atoms with Crippen LogP contribution in [0, 0.1) is 0 Å². The van der Waals surface area contributed by atoms with E-state index in [9.17, 15) is 4.79 Å². The Morgan fingerprint density at radius 2 is 2.06 bits per heavy atom. The molecule has 0 aromatic rings. The zero-order valence-corrected chi connectivity index (χ0v) is 11.7. The molecule has 5 heteroatoms. The second-order valence-corrected chi connectivity index (χ2v) is 5.73. The van der Waals surface area contributed by atoms with E-state index in [1.165, 1.54) is 0 Å². The lowest BCUT2D eigenvalue weighted by Crippen LogP contribution is -2.67. The van der Waals surface area contributed by atoms with Crippen molar-refractivity contribution in [2.75, 3.05) is 47.3 Å². The van der Waals surface area contributed by atoms with Crippen molar-refractivity contribution >= 4 is 5.91 Å². The summed E-state index contributed by atoms with van der Waals surface area (Å²) in [5.74, 6) is 0.141. The van der Waals surface area contributed by atoms with Crippen molar-refractivity contribution in [2.45, 2.75) is 25.4 Å². The molecule has 1 rings (SSSR count). The molecule has 100 valence electrons. The fourth-order valence-corrected chi connectivity index (χ4v) is 2.20. The third kappa shape index (κ3) is 3.18. The summed E-state index contributed by atoms with van der Waals surface area (Å²) in [5.41, 5.74) is 5.62. The van der Waals surface area contributed by atoms with E-state index in [-0.39, 0.29) is 17.5 Å². The molecule has 0 saturated carbocycles. The highest BCUT2D eigenvalue weighted by molar-refractivity contribution is 5.83. The summed E-state index contributed by atoms with van der Waals surface area (Å²) >= 11 is 0. The van der Waals surface area contributed by atoms with Crippen LogP contribution in [0.3, 0.4) is 0 Å². The van der Waals surface area contributed by atoms with Crippen LogP contribution in [0.5, 0.6) is 0 Å². The Balaban J connectivity index is 2.76. The minimum atomic E-state index is -0.159. The second kappa shape index (κ2) is 5.33. The van der Waals surface area contributed by atoms with E-state index in [4.69, 9.17) is 5.73 Å². The molecule has 5 nitrogen and oxygen atoms in total. The van der Waals surface area contributed by atoms with Gasteiger partial charge < -0.3 is 15.5 Å². The maximum absolute atomic E-state index is 12.2. The molecule has 1 fully saturated rings. The van der Waals surface area contributed by atoms with Gasteiger partial charge in [-0.2, -0.15) is 0 Å². The van der Waals surface area contributed by atoms with Gasteiger partial charge in [-0.15, -0.1) is 0 Å². The number of rotatable bonds is 4. The molecule has 17 heavy (non-hydrogen) atoms. The number of nitrogens with two attached hydrogens (primary N) is 1. The summed E-state index contributed by atoms with van der Waals surface area (Å²) in [7, 11) is 5.95. The normalized spacial score (nSPS) is 25.7. The van der Waals surface area contributed by atoms with Crippen LogP contribution < -0.4 is 5.73 Å². The predicted molar refractivity (Wildman–Crippen MR) is 69.8 cm³/mol. The van der Waals surface area contributed by atoms with Crippen LogP contribution in [0.2, 0.25) is 0 Å². The van der Waals surface area contributed by atoms with Crippen molar-refractivity contribution < 1.29 is 4.79 Å². The highest BCUT2D eigenvalue weighted by Crippen LogP contribution is 2.23. The van der Waals surface area contributed by atoms with Gasteiger partial charge >= 0.3 is 0 Å². The number of carbonyl (C=O) groups excluding carboxylic acids is 1. The summed E-state index contributed by atoms with van der Waals surface area (Å²) in [4.78, 5) is 18.4. The summed E-state index contributed by atoms with van der Waals surface area (Å²) in [6.07, 6.45) is 0. The van der Waals surface area contributed by atoms with E-state index in [0.29, 0.717) is 6.54 Å². The maximum atomic E-state index is 12.2. The van der Waals surface area contributed by atoms with Crippen LogP contribution in [0.4, 0.5) is 0 Å². The van der Waals surface area contributed by atoms with E-state index in [2.05, 4.69) is 23.6 Å². The molecule has 0 aromatic carbocycles. The Kier molecular flexibility index (Phi) is 4.52. The van der Waals surface area contributed by atoms with Crippen LogP contribution in [0.1, 0.15) is 13.8 Å². The van der Waals surface area contributed by atoms with Gasteiger partial charge in [-0.1, -0.05) is 0 Å². The molecule has 0 radical (unpaired) electrons. The molecule has 1 aliphatic heterocycles. The standard InChI is InChI=1S/C12H26N4O/c1-12(2)9-16(7-6-14(3)4)10(8-13)11(17)15(12)5/h10H,6-9,13H2,1-5H3. The van der Waals surface area contributed by atoms with E-state index >= 15 is 0 Å². The second-order valence-electron chi connectivity index (χ2n) is 5.73. The van der Waals surface area contributed by atoms with Crippen LogP contribution in [0.15, 0.2) is 0 Å². The topological polar surface area (TPSA) is 52.8 Å². The first-order valence-electron chi connectivity index (χ1n) is 6.16. The van der Waals surface area contributed by atoms with Gasteiger partial charge in [0.25, 0.3) is 0 Å². The van der Waals surface area contributed by atoms with Crippen molar-refractivity contribution in [3.63, 3.8) is 0 Å². The highest BCUT2D eigenvalue weighted by Gasteiger charge is 2.41. The molecule has 1 unspecified atom stereocenters. The van der Waals surface area contributed by atoms with Crippen LogP contribution in [-0.2, 0) is 4.79 Å². The van der Waals surface area contributed by atoms with E-state index in [0.717, 1.165) is 19.6 Å². The SMILES string of the molecule is CN(C)CCN1CC(C)(C)N(C)C(=O)C1CN. The zero-order chi connectivity index (χ0) is 13.2. The summed E-state index contributed by atoms with van der Waals surface area (Å²) in [5, 5.41) is 0. The molecule has 0 spiro atoms. The molecule has 1 amide bonds. The molecule has 0 aliphatic carbocycles. The lowest BCUT2D eigenvalue weighted by Gasteiger charge is -2.49. The first-order chi connectivity index (χ1) is 7.79. The smallest absolute Gasteiger partial charge is 0.241 e. The molecule has 2 N–H and O–H groups in total. The van der Waals surface area contributed by atoms with E-state index < -0.39 is 0 Å². The monoisotopic (exact) mass is 242 g/mol. The van der Waals surface area contributed by atoms with Gasteiger partial charge in [0.15, 0.2) is 0 Å². The van der Waals surface area contributed by atoms with Crippen LogP contribution >= 0.6 is 0 Å². The molecule has 1 atom stereocenters. The summed E-state index contributed by atoms with van der Waals surface area (Å²) < 4.78 is 0. The molecule has 0 aromatic heterocycles. The minimum absolute atomic E-state index is 0.116. The van der Waals surface area contributed by atoms with Gasteiger partial charge in [0.1, 0.15) is 6.04 Å². The summed E-state index contributed by atoms with van der Waals surface area (Å²) in [6.45, 7) is 7.31. The minimum Gasteiger partial charge on any atom is -0.338 e. The van der Waals surface area contributed by atoms with Crippen molar-refractivity contribution in [3.8, 4) is 0 Å². The molecule has 1 aliphatic rings. The number of likely N-dealkylation sites (N-methyl/N-ethyl adjacent to an activating group) is 2. The van der Waals surface area contributed by atoms with Gasteiger partial charge in [0, 0.05) is 38.8 Å². The van der Waals surface area contributed by atoms with Gasteiger partial charge in [0.05, 0.1) is 0 Å². The lowest BCUT2D eigenvalue weighted by molar-refractivity contribution is -0.148. The van der Waals surface area contributed by atoms with Crippen LogP contribution in [-0.4, -0.2) is 79.5 Å². The molecular weight excluding hydrogens is 216 g/mol. The third-order valence-electron chi connectivity index (χ3n) is 3.61. The average molecular weight is 242 g/mol. The molecule has 0 bridgehead atoms. The molecule has 1 heterocycles. The summed E-state index contributed by atoms with van der Waals surface area (Å²) in [6, 6.07) is -0.159. The Morgan fingerprint density at radius 1 is 1.47 bits per heavy atom. The number of hydrogen-bond donors (Lipinski definition) is 1. The zero-order valence-electron chi connectivity index (χ0n) is 11.7. The average Bonchev–Trinajstić information content (AvgIpc) is 2.23.